The van der Waals surface area contributed by atoms with Gasteiger partial charge in [-0.05, 0) is 31.9 Å². The maximum Gasteiger partial charge on any atom is 0.260 e. The minimum Gasteiger partial charge on any atom is -0.482 e. The van der Waals surface area contributed by atoms with E-state index in [0.717, 1.165) is 19.4 Å². The van der Waals surface area contributed by atoms with Gasteiger partial charge in [-0.2, -0.15) is 0 Å². The summed E-state index contributed by atoms with van der Waals surface area (Å²) < 4.78 is 5.46. The van der Waals surface area contributed by atoms with Crippen molar-refractivity contribution in [3.8, 4) is 5.75 Å². The van der Waals surface area contributed by atoms with Crippen molar-refractivity contribution in [3.63, 3.8) is 0 Å². The Hall–Kier alpha value is -1.26. The van der Waals surface area contributed by atoms with Gasteiger partial charge in [0.05, 0.1) is 11.1 Å². The summed E-state index contributed by atoms with van der Waals surface area (Å²) >= 11 is 5.98. The van der Waals surface area contributed by atoms with Gasteiger partial charge in [0.15, 0.2) is 6.61 Å². The van der Waals surface area contributed by atoms with E-state index in [-0.39, 0.29) is 24.5 Å². The number of piperidine rings is 1. The summed E-state index contributed by atoms with van der Waals surface area (Å²) in [6.45, 7) is 3.09. The Morgan fingerprint density at radius 2 is 2.30 bits per heavy atom. The topological polar surface area (TPSA) is 49.8 Å². The fourth-order valence-corrected chi connectivity index (χ4v) is 2.61. The van der Waals surface area contributed by atoms with Crippen molar-refractivity contribution in [3.05, 3.63) is 29.3 Å². The summed E-state index contributed by atoms with van der Waals surface area (Å²) in [6, 6.07) is 7.10. The highest BCUT2D eigenvalue weighted by atomic mass is 35.5. The molecule has 0 bridgehead atoms. The lowest BCUT2D eigenvalue weighted by molar-refractivity contribution is -0.136. The average Bonchev–Trinajstić information content (AvgIpc) is 2.46. The van der Waals surface area contributed by atoms with Gasteiger partial charge >= 0.3 is 0 Å². The smallest absolute Gasteiger partial charge is 0.260 e. The van der Waals surface area contributed by atoms with Crippen LogP contribution in [0.3, 0.4) is 0 Å². The van der Waals surface area contributed by atoms with Crippen LogP contribution in [0, 0.1) is 5.92 Å². The van der Waals surface area contributed by atoms with E-state index in [1.54, 1.807) is 24.0 Å². The van der Waals surface area contributed by atoms with Gasteiger partial charge in [0.1, 0.15) is 5.75 Å². The summed E-state index contributed by atoms with van der Waals surface area (Å²) in [5.74, 6) is 0.620. The van der Waals surface area contributed by atoms with E-state index in [9.17, 15) is 9.90 Å². The van der Waals surface area contributed by atoms with Gasteiger partial charge in [0.2, 0.25) is 0 Å². The number of likely N-dealkylation sites (tertiary alicyclic amines) is 1. The molecule has 2 unspecified atom stereocenters. The number of aliphatic hydroxyl groups is 1. The predicted octanol–water partition coefficient (Wildman–Crippen LogP) is 2.34. The summed E-state index contributed by atoms with van der Waals surface area (Å²) in [5, 5.41) is 10.1. The van der Waals surface area contributed by atoms with Crippen LogP contribution in [-0.2, 0) is 4.79 Å². The van der Waals surface area contributed by atoms with Crippen molar-refractivity contribution in [1.82, 2.24) is 4.90 Å². The molecule has 1 aliphatic rings. The SMILES string of the molecule is CC(O)C1CCCN(C(=O)COc2ccccc2Cl)C1. The van der Waals surface area contributed by atoms with Crippen molar-refractivity contribution in [1.29, 1.82) is 0 Å². The number of ether oxygens (including phenoxy) is 1. The second-order valence-electron chi connectivity index (χ2n) is 5.20. The van der Waals surface area contributed by atoms with Crippen LogP contribution < -0.4 is 4.74 Å². The van der Waals surface area contributed by atoms with E-state index in [1.807, 2.05) is 12.1 Å². The van der Waals surface area contributed by atoms with Gasteiger partial charge in [-0.15, -0.1) is 0 Å². The molecule has 0 spiro atoms. The number of carbonyl (C=O) groups excluding carboxylic acids is 1. The zero-order valence-electron chi connectivity index (χ0n) is 11.6. The molecular weight excluding hydrogens is 278 g/mol. The summed E-state index contributed by atoms with van der Waals surface area (Å²) in [4.78, 5) is 13.9. The number of halogens is 1. The number of carbonyl (C=O) groups is 1. The third-order valence-electron chi connectivity index (χ3n) is 3.68. The molecule has 20 heavy (non-hydrogen) atoms. The molecule has 0 saturated carbocycles. The largest absolute Gasteiger partial charge is 0.482 e. The van der Waals surface area contributed by atoms with Crippen LogP contribution in [0.4, 0.5) is 0 Å². The van der Waals surface area contributed by atoms with Crippen molar-refractivity contribution in [2.24, 2.45) is 5.92 Å². The predicted molar refractivity (Wildman–Crippen MR) is 77.9 cm³/mol. The molecule has 1 aromatic carbocycles. The number of benzene rings is 1. The lowest BCUT2D eigenvalue weighted by Gasteiger charge is -2.34. The second-order valence-corrected chi connectivity index (χ2v) is 5.61. The van der Waals surface area contributed by atoms with E-state index in [4.69, 9.17) is 16.3 Å². The van der Waals surface area contributed by atoms with Crippen molar-refractivity contribution >= 4 is 17.5 Å². The lowest BCUT2D eigenvalue weighted by atomic mass is 9.93. The minimum atomic E-state index is -0.380. The van der Waals surface area contributed by atoms with Gasteiger partial charge in [-0.25, -0.2) is 0 Å². The number of para-hydroxylation sites is 1. The Labute approximate surface area is 124 Å². The first-order valence-corrected chi connectivity index (χ1v) is 7.29. The van der Waals surface area contributed by atoms with E-state index < -0.39 is 0 Å². The molecule has 4 nitrogen and oxygen atoms in total. The zero-order chi connectivity index (χ0) is 14.5. The molecule has 1 saturated heterocycles. The molecule has 110 valence electrons. The molecule has 0 aliphatic carbocycles. The normalized spacial score (nSPS) is 20.6. The lowest BCUT2D eigenvalue weighted by Crippen LogP contribution is -2.44. The first-order valence-electron chi connectivity index (χ1n) is 6.91. The Morgan fingerprint density at radius 3 is 3.00 bits per heavy atom. The fraction of sp³-hybridized carbons (Fsp3) is 0.533. The van der Waals surface area contributed by atoms with Crippen LogP contribution in [0.2, 0.25) is 5.02 Å². The summed E-state index contributed by atoms with van der Waals surface area (Å²) in [5.41, 5.74) is 0. The highest BCUT2D eigenvalue weighted by Gasteiger charge is 2.26. The van der Waals surface area contributed by atoms with E-state index in [1.165, 1.54) is 0 Å². The Kier molecular flexibility index (Phi) is 5.26. The maximum absolute atomic E-state index is 12.1. The second kappa shape index (κ2) is 6.95. The number of aliphatic hydroxyl groups excluding tert-OH is 1. The highest BCUT2D eigenvalue weighted by Crippen LogP contribution is 2.24. The van der Waals surface area contributed by atoms with Gasteiger partial charge in [-0.3, -0.25) is 4.79 Å². The molecular formula is C15H20ClNO3. The molecule has 0 aromatic heterocycles. The molecule has 0 radical (unpaired) electrons. The molecule has 1 heterocycles. The Bertz CT molecular complexity index is 464. The van der Waals surface area contributed by atoms with Crippen molar-refractivity contribution < 1.29 is 14.6 Å². The molecule has 1 N–H and O–H groups in total. The average molecular weight is 298 g/mol. The van der Waals surface area contributed by atoms with Crippen LogP contribution in [0.5, 0.6) is 5.75 Å². The van der Waals surface area contributed by atoms with Crippen LogP contribution in [-0.4, -0.2) is 41.7 Å². The van der Waals surface area contributed by atoms with Crippen molar-refractivity contribution in [2.45, 2.75) is 25.9 Å². The molecule has 1 fully saturated rings. The van der Waals surface area contributed by atoms with Gasteiger partial charge in [-0.1, -0.05) is 23.7 Å². The van der Waals surface area contributed by atoms with Crippen LogP contribution in [0.1, 0.15) is 19.8 Å². The van der Waals surface area contributed by atoms with Gasteiger partial charge in [0, 0.05) is 19.0 Å². The number of rotatable bonds is 4. The maximum atomic E-state index is 12.1. The zero-order valence-corrected chi connectivity index (χ0v) is 12.3. The summed E-state index contributed by atoms with van der Waals surface area (Å²) in [6.07, 6.45) is 1.51. The quantitative estimate of drug-likeness (QED) is 0.928. The van der Waals surface area contributed by atoms with Crippen LogP contribution in [0.25, 0.3) is 0 Å². The molecule has 1 aliphatic heterocycles. The molecule has 5 heteroatoms. The third kappa shape index (κ3) is 3.87. The molecule has 2 atom stereocenters. The fourth-order valence-electron chi connectivity index (χ4n) is 2.42. The highest BCUT2D eigenvalue weighted by molar-refractivity contribution is 6.32. The molecule has 1 aromatic rings. The van der Waals surface area contributed by atoms with E-state index in [0.29, 0.717) is 17.3 Å². The standard InChI is InChI=1S/C15H20ClNO3/c1-11(18)12-5-4-8-17(9-12)15(19)10-20-14-7-3-2-6-13(14)16/h2-3,6-7,11-12,18H,4-5,8-10H2,1H3. The molecule has 2 rings (SSSR count). The van der Waals surface area contributed by atoms with E-state index >= 15 is 0 Å². The first-order chi connectivity index (χ1) is 9.58. The van der Waals surface area contributed by atoms with E-state index in [2.05, 4.69) is 0 Å². The van der Waals surface area contributed by atoms with Crippen LogP contribution in [0.15, 0.2) is 24.3 Å². The van der Waals surface area contributed by atoms with Crippen LogP contribution >= 0.6 is 11.6 Å². The molecule has 1 amide bonds. The first kappa shape index (κ1) is 15.1. The monoisotopic (exact) mass is 297 g/mol. The number of amides is 1. The minimum absolute atomic E-state index is 0.0176. The Morgan fingerprint density at radius 1 is 1.55 bits per heavy atom. The van der Waals surface area contributed by atoms with Gasteiger partial charge in [0.25, 0.3) is 5.91 Å². The number of hydrogen-bond acceptors (Lipinski definition) is 3. The number of hydrogen-bond donors (Lipinski definition) is 1. The third-order valence-corrected chi connectivity index (χ3v) is 3.99. The summed E-state index contributed by atoms with van der Waals surface area (Å²) in [7, 11) is 0. The Balaban J connectivity index is 1.87. The van der Waals surface area contributed by atoms with Gasteiger partial charge < -0.3 is 14.7 Å². The van der Waals surface area contributed by atoms with Crippen molar-refractivity contribution in [2.75, 3.05) is 19.7 Å². The number of nitrogens with zero attached hydrogens (tertiary/aromatic N) is 1.